The van der Waals surface area contributed by atoms with Crippen LogP contribution in [0.5, 0.6) is 23.0 Å². The lowest BCUT2D eigenvalue weighted by Crippen LogP contribution is -2.28. The Bertz CT molecular complexity index is 2200. The summed E-state index contributed by atoms with van der Waals surface area (Å²) in [5, 5.41) is 1.68. The molecule has 5 nitrogen and oxygen atoms in total. The van der Waals surface area contributed by atoms with Gasteiger partial charge in [0.15, 0.2) is 23.0 Å². The first-order valence-corrected chi connectivity index (χ1v) is 23.9. The zero-order chi connectivity index (χ0) is 41.2. The van der Waals surface area contributed by atoms with Crippen molar-refractivity contribution in [3.63, 3.8) is 0 Å². The molecule has 5 aromatic carbocycles. The van der Waals surface area contributed by atoms with Crippen LogP contribution in [-0.4, -0.2) is 33.1 Å². The van der Waals surface area contributed by atoms with Crippen molar-refractivity contribution in [1.29, 1.82) is 0 Å². The van der Waals surface area contributed by atoms with E-state index in [2.05, 4.69) is 122 Å². The third-order valence-corrected chi connectivity index (χ3v) is 15.5. The molecular weight excluding hydrogens is 736 g/mol. The zero-order valence-corrected chi connectivity index (χ0v) is 37.1. The Kier molecular flexibility index (Phi) is 12.5. The number of hydrogen-bond acceptors (Lipinski definition) is 5. The summed E-state index contributed by atoms with van der Waals surface area (Å²) in [7, 11) is -2.97. The molecule has 0 fully saturated rings. The zero-order valence-electron chi connectivity index (χ0n) is 36.2. The van der Waals surface area contributed by atoms with E-state index in [1.165, 1.54) is 11.1 Å². The first-order valence-electron chi connectivity index (χ1n) is 21.7. The maximum atomic E-state index is 15.0. The molecule has 0 bridgehead atoms. The van der Waals surface area contributed by atoms with Crippen molar-refractivity contribution in [2.75, 3.05) is 33.1 Å². The summed E-state index contributed by atoms with van der Waals surface area (Å²) >= 11 is 0. The standard InChI is InChI=1S/C52H63O5P/c1-10-34(5)30-54-48-26-42-43-27-49(55-31-35(6)11-2)51(57-33-37(8)13-4)29-47(43)52(46(42)28-50(48)56-32-36(7)12-3)44-22-18-17-21-40(44)41-24-23-39(25-45(41)52)58(9,53)38-19-15-14-16-20-38/h14-29,34-37H,10-13,30-33H2,1-9H3. The summed E-state index contributed by atoms with van der Waals surface area (Å²) in [5.74, 6) is 4.56. The molecule has 0 saturated carbocycles. The Morgan fingerprint density at radius 3 is 1.31 bits per heavy atom. The number of hydrogen-bond donors (Lipinski definition) is 0. The quantitative estimate of drug-likeness (QED) is 0.0810. The second kappa shape index (κ2) is 17.4. The van der Waals surface area contributed by atoms with E-state index in [4.69, 9.17) is 18.9 Å². The lowest BCUT2D eigenvalue weighted by atomic mass is 9.70. The minimum absolute atomic E-state index is 0.379. The van der Waals surface area contributed by atoms with E-state index in [1.54, 1.807) is 0 Å². The molecule has 306 valence electrons. The second-order valence-electron chi connectivity index (χ2n) is 17.3. The van der Waals surface area contributed by atoms with Crippen LogP contribution in [0.15, 0.2) is 97.1 Å². The summed E-state index contributed by atoms with van der Waals surface area (Å²) in [6.45, 7) is 22.0. The van der Waals surface area contributed by atoms with Crippen LogP contribution in [0.4, 0.5) is 0 Å². The predicted molar refractivity (Wildman–Crippen MR) is 242 cm³/mol. The third-order valence-electron chi connectivity index (χ3n) is 12.9. The molecule has 0 radical (unpaired) electrons. The molecule has 2 aliphatic rings. The van der Waals surface area contributed by atoms with Gasteiger partial charge in [-0.1, -0.05) is 148 Å². The van der Waals surface area contributed by atoms with Gasteiger partial charge in [-0.05, 0) is 105 Å². The minimum atomic E-state index is -2.97. The van der Waals surface area contributed by atoms with E-state index >= 15 is 0 Å². The normalized spacial score (nSPS) is 17.9. The molecule has 0 aromatic heterocycles. The molecule has 5 unspecified atom stereocenters. The van der Waals surface area contributed by atoms with Crippen LogP contribution in [0.25, 0.3) is 22.3 Å². The molecule has 7 rings (SSSR count). The molecule has 6 heteroatoms. The fourth-order valence-electron chi connectivity index (χ4n) is 8.16. The smallest absolute Gasteiger partial charge is 0.161 e. The van der Waals surface area contributed by atoms with Gasteiger partial charge >= 0.3 is 0 Å². The summed E-state index contributed by atoms with van der Waals surface area (Å²) in [6, 6.07) is 34.1. The van der Waals surface area contributed by atoms with E-state index in [9.17, 15) is 4.57 Å². The van der Waals surface area contributed by atoms with Gasteiger partial charge in [-0.2, -0.15) is 0 Å². The van der Waals surface area contributed by atoms with Crippen LogP contribution in [-0.2, 0) is 9.98 Å². The van der Waals surface area contributed by atoms with E-state index in [1.807, 2.05) is 37.0 Å². The molecule has 5 aromatic rings. The molecule has 0 N–H and O–H groups in total. The van der Waals surface area contributed by atoms with Gasteiger partial charge in [0.05, 0.1) is 31.8 Å². The molecular formula is C52H63O5P. The maximum absolute atomic E-state index is 15.0. The van der Waals surface area contributed by atoms with Crippen LogP contribution in [0.3, 0.4) is 0 Å². The fraction of sp³-hybridized carbons (Fsp3) is 0.423. The van der Waals surface area contributed by atoms with Crippen LogP contribution in [0.1, 0.15) is 103 Å². The maximum Gasteiger partial charge on any atom is 0.161 e. The Balaban J connectivity index is 1.55. The highest BCUT2D eigenvalue weighted by Crippen LogP contribution is 2.65. The molecule has 58 heavy (non-hydrogen) atoms. The highest BCUT2D eigenvalue weighted by atomic mass is 31.2. The number of benzene rings is 5. The SMILES string of the molecule is CCC(C)COc1cc2c(cc1OCC(C)CC)C1(c3ccccc3-c3ccc(P(C)(=O)c4ccccc4)cc31)c1cc(OCC(C)CC)c(OCC(C)CC)cc1-2. The van der Waals surface area contributed by atoms with Crippen molar-refractivity contribution in [2.24, 2.45) is 23.7 Å². The lowest BCUT2D eigenvalue weighted by molar-refractivity contribution is 0.217. The van der Waals surface area contributed by atoms with E-state index in [0.29, 0.717) is 50.1 Å². The van der Waals surface area contributed by atoms with E-state index in [0.717, 1.165) is 92.7 Å². The van der Waals surface area contributed by atoms with E-state index in [-0.39, 0.29) is 0 Å². The summed E-state index contributed by atoms with van der Waals surface area (Å²) in [6.07, 6.45) is 4.08. The molecule has 0 heterocycles. The van der Waals surface area contributed by atoms with Crippen LogP contribution in [0.2, 0.25) is 0 Å². The van der Waals surface area contributed by atoms with Crippen molar-refractivity contribution in [1.82, 2.24) is 0 Å². The van der Waals surface area contributed by atoms with Crippen molar-refractivity contribution in [3.05, 3.63) is 119 Å². The summed E-state index contributed by atoms with van der Waals surface area (Å²) in [4.78, 5) is 0. The largest absolute Gasteiger partial charge is 0.489 e. The fourth-order valence-corrected chi connectivity index (χ4v) is 9.93. The average molecular weight is 799 g/mol. The van der Waals surface area contributed by atoms with Crippen molar-refractivity contribution in [2.45, 2.75) is 86.5 Å². The summed E-state index contributed by atoms with van der Waals surface area (Å²) in [5.41, 5.74) is 8.29. The number of rotatable bonds is 18. The van der Waals surface area contributed by atoms with Gasteiger partial charge in [0.25, 0.3) is 0 Å². The topological polar surface area (TPSA) is 54.0 Å². The van der Waals surface area contributed by atoms with Crippen molar-refractivity contribution >= 4 is 17.8 Å². The number of fused-ring (bicyclic) bond motifs is 10. The van der Waals surface area contributed by atoms with Gasteiger partial charge in [0.1, 0.15) is 7.14 Å². The highest BCUT2D eigenvalue weighted by molar-refractivity contribution is 7.78. The van der Waals surface area contributed by atoms with Gasteiger partial charge in [0, 0.05) is 10.6 Å². The highest BCUT2D eigenvalue weighted by Gasteiger charge is 2.53. The average Bonchev–Trinajstić information content (AvgIpc) is 3.70. The van der Waals surface area contributed by atoms with Crippen LogP contribution in [0, 0.1) is 23.7 Å². The molecule has 2 aliphatic carbocycles. The lowest BCUT2D eigenvalue weighted by Gasteiger charge is -2.32. The number of ether oxygens (including phenoxy) is 4. The molecule has 1 spiro atoms. The first kappa shape index (κ1) is 41.7. The van der Waals surface area contributed by atoms with Crippen molar-refractivity contribution in [3.8, 4) is 45.3 Å². The van der Waals surface area contributed by atoms with Gasteiger partial charge in [-0.15, -0.1) is 0 Å². The molecule has 0 amide bonds. The first-order chi connectivity index (χ1) is 28.0. The third kappa shape index (κ3) is 7.61. The van der Waals surface area contributed by atoms with Crippen molar-refractivity contribution < 1.29 is 23.5 Å². The molecule has 0 aliphatic heterocycles. The van der Waals surface area contributed by atoms with Crippen LogP contribution >= 0.6 is 7.14 Å². The molecule has 5 atom stereocenters. The molecule has 0 saturated heterocycles. The monoisotopic (exact) mass is 798 g/mol. The Hall–Kier alpha value is -4.47. The van der Waals surface area contributed by atoms with E-state index < -0.39 is 12.6 Å². The van der Waals surface area contributed by atoms with Gasteiger partial charge in [-0.3, -0.25) is 0 Å². The Morgan fingerprint density at radius 1 is 0.448 bits per heavy atom. The summed E-state index contributed by atoms with van der Waals surface area (Å²) < 4.78 is 41.9. The van der Waals surface area contributed by atoms with Gasteiger partial charge in [0.2, 0.25) is 0 Å². The Labute approximate surface area is 347 Å². The van der Waals surface area contributed by atoms with Gasteiger partial charge < -0.3 is 23.5 Å². The Morgan fingerprint density at radius 2 is 0.845 bits per heavy atom. The van der Waals surface area contributed by atoms with Gasteiger partial charge in [-0.25, -0.2) is 0 Å². The van der Waals surface area contributed by atoms with Crippen LogP contribution < -0.4 is 29.6 Å². The second-order valence-corrected chi connectivity index (χ2v) is 20.2. The predicted octanol–water partition coefficient (Wildman–Crippen LogP) is 12.7. The minimum Gasteiger partial charge on any atom is -0.489 e.